The van der Waals surface area contributed by atoms with E-state index in [0.29, 0.717) is 6.61 Å². The third kappa shape index (κ3) is 4.05. The highest BCUT2D eigenvalue weighted by Crippen LogP contribution is 2.21. The molecule has 0 spiro atoms. The van der Waals surface area contributed by atoms with Crippen LogP contribution in [0.25, 0.3) is 0 Å². The molecule has 1 aromatic carbocycles. The molecule has 1 aromatic heterocycles. The summed E-state index contributed by atoms with van der Waals surface area (Å²) in [4.78, 5) is 4.02. The Balaban J connectivity index is 1.97. The molecule has 2 aromatic rings. The van der Waals surface area contributed by atoms with Crippen LogP contribution < -0.4 is 16.0 Å². The van der Waals surface area contributed by atoms with Gasteiger partial charge < -0.3 is 4.74 Å². The summed E-state index contributed by atoms with van der Waals surface area (Å²) in [6.07, 6.45) is 5.54. The standard InChI is InChI=1S/C16H21N3O/c1-2-20-15-6-4-14(5-7-15)16(19-17)8-3-13-9-11-18-12-10-13/h4-7,9-12,16,19H,2-3,8,17H2,1H3. The van der Waals surface area contributed by atoms with E-state index in [1.807, 2.05) is 43.6 Å². The molecule has 0 aliphatic carbocycles. The third-order valence-corrected chi connectivity index (χ3v) is 3.27. The van der Waals surface area contributed by atoms with Gasteiger partial charge in [-0.1, -0.05) is 12.1 Å². The van der Waals surface area contributed by atoms with Gasteiger partial charge in [0.05, 0.1) is 6.61 Å². The second-order valence-electron chi connectivity index (χ2n) is 4.62. The maximum Gasteiger partial charge on any atom is 0.119 e. The van der Waals surface area contributed by atoms with Gasteiger partial charge in [0.1, 0.15) is 5.75 Å². The number of rotatable bonds is 7. The lowest BCUT2D eigenvalue weighted by Gasteiger charge is -2.16. The Labute approximate surface area is 120 Å². The fraction of sp³-hybridized carbons (Fsp3) is 0.312. The number of hydrogen-bond donors (Lipinski definition) is 2. The van der Waals surface area contributed by atoms with Crippen LogP contribution in [0.4, 0.5) is 0 Å². The molecule has 1 atom stereocenters. The monoisotopic (exact) mass is 271 g/mol. The minimum atomic E-state index is 0.138. The van der Waals surface area contributed by atoms with Crippen molar-refractivity contribution < 1.29 is 4.74 Å². The van der Waals surface area contributed by atoms with Crippen molar-refractivity contribution in [1.82, 2.24) is 10.4 Å². The molecule has 0 radical (unpaired) electrons. The Hall–Kier alpha value is -1.91. The predicted octanol–water partition coefficient (Wildman–Crippen LogP) is 2.62. The largest absolute Gasteiger partial charge is 0.494 e. The van der Waals surface area contributed by atoms with Gasteiger partial charge in [-0.05, 0) is 55.2 Å². The molecule has 0 bridgehead atoms. The third-order valence-electron chi connectivity index (χ3n) is 3.27. The van der Waals surface area contributed by atoms with Crippen molar-refractivity contribution in [3.8, 4) is 5.75 Å². The summed E-state index contributed by atoms with van der Waals surface area (Å²) in [6, 6.07) is 12.3. The Morgan fingerprint density at radius 1 is 1.15 bits per heavy atom. The van der Waals surface area contributed by atoms with Crippen LogP contribution in [0, 0.1) is 0 Å². The quantitative estimate of drug-likeness (QED) is 0.600. The zero-order chi connectivity index (χ0) is 14.2. The summed E-state index contributed by atoms with van der Waals surface area (Å²) in [7, 11) is 0. The molecule has 0 saturated heterocycles. The number of benzene rings is 1. The number of hydrogen-bond acceptors (Lipinski definition) is 4. The first-order valence-corrected chi connectivity index (χ1v) is 6.91. The van der Waals surface area contributed by atoms with Gasteiger partial charge in [0.25, 0.3) is 0 Å². The van der Waals surface area contributed by atoms with Gasteiger partial charge in [0.15, 0.2) is 0 Å². The Morgan fingerprint density at radius 3 is 2.45 bits per heavy atom. The van der Waals surface area contributed by atoms with E-state index < -0.39 is 0 Å². The average molecular weight is 271 g/mol. The lowest BCUT2D eigenvalue weighted by atomic mass is 10.00. The molecule has 0 fully saturated rings. The molecule has 4 heteroatoms. The van der Waals surface area contributed by atoms with E-state index in [0.717, 1.165) is 18.6 Å². The minimum absolute atomic E-state index is 0.138. The van der Waals surface area contributed by atoms with Crippen molar-refractivity contribution in [2.45, 2.75) is 25.8 Å². The molecular formula is C16H21N3O. The van der Waals surface area contributed by atoms with Crippen LogP contribution in [-0.4, -0.2) is 11.6 Å². The number of pyridine rings is 1. The molecule has 1 unspecified atom stereocenters. The SMILES string of the molecule is CCOc1ccc(C(CCc2ccncc2)NN)cc1. The summed E-state index contributed by atoms with van der Waals surface area (Å²) < 4.78 is 5.44. The number of ether oxygens (including phenoxy) is 1. The number of aromatic nitrogens is 1. The van der Waals surface area contributed by atoms with Crippen molar-refractivity contribution in [1.29, 1.82) is 0 Å². The van der Waals surface area contributed by atoms with Crippen LogP contribution in [0.3, 0.4) is 0 Å². The van der Waals surface area contributed by atoms with Gasteiger partial charge >= 0.3 is 0 Å². The Morgan fingerprint density at radius 2 is 1.85 bits per heavy atom. The van der Waals surface area contributed by atoms with Crippen LogP contribution in [0.2, 0.25) is 0 Å². The molecule has 0 aliphatic heterocycles. The highest BCUT2D eigenvalue weighted by molar-refractivity contribution is 5.29. The first kappa shape index (κ1) is 14.5. The number of nitrogens with zero attached hydrogens (tertiary/aromatic N) is 1. The highest BCUT2D eigenvalue weighted by atomic mass is 16.5. The number of nitrogens with one attached hydrogen (secondary N) is 1. The Kier molecular flexibility index (Phi) is 5.53. The van der Waals surface area contributed by atoms with Crippen LogP contribution in [0.15, 0.2) is 48.8 Å². The van der Waals surface area contributed by atoms with Crippen molar-refractivity contribution in [2.24, 2.45) is 5.84 Å². The van der Waals surface area contributed by atoms with Gasteiger partial charge in [-0.25, -0.2) is 0 Å². The lowest BCUT2D eigenvalue weighted by Crippen LogP contribution is -2.28. The van der Waals surface area contributed by atoms with Gasteiger partial charge in [0, 0.05) is 18.4 Å². The van der Waals surface area contributed by atoms with E-state index in [9.17, 15) is 0 Å². The molecule has 2 rings (SSSR count). The second-order valence-corrected chi connectivity index (χ2v) is 4.62. The summed E-state index contributed by atoms with van der Waals surface area (Å²) in [5.41, 5.74) is 5.32. The zero-order valence-corrected chi connectivity index (χ0v) is 11.8. The predicted molar refractivity (Wildman–Crippen MR) is 80.2 cm³/mol. The van der Waals surface area contributed by atoms with Crippen LogP contribution in [-0.2, 0) is 6.42 Å². The van der Waals surface area contributed by atoms with Gasteiger partial charge in [-0.15, -0.1) is 0 Å². The highest BCUT2D eigenvalue weighted by Gasteiger charge is 2.09. The summed E-state index contributed by atoms with van der Waals surface area (Å²) in [5.74, 6) is 6.56. The van der Waals surface area contributed by atoms with Crippen molar-refractivity contribution in [2.75, 3.05) is 6.61 Å². The molecule has 3 N–H and O–H groups in total. The number of nitrogens with two attached hydrogens (primary N) is 1. The first-order valence-electron chi connectivity index (χ1n) is 6.91. The fourth-order valence-electron chi connectivity index (χ4n) is 2.17. The topological polar surface area (TPSA) is 60.2 Å². The Bertz CT molecular complexity index is 499. The van der Waals surface area contributed by atoms with Crippen molar-refractivity contribution in [3.63, 3.8) is 0 Å². The molecule has 106 valence electrons. The molecule has 0 saturated carbocycles. The molecule has 0 aliphatic rings. The fourth-order valence-corrected chi connectivity index (χ4v) is 2.17. The maximum absolute atomic E-state index is 5.67. The van der Waals surface area contributed by atoms with E-state index >= 15 is 0 Å². The molecule has 4 nitrogen and oxygen atoms in total. The van der Waals surface area contributed by atoms with Gasteiger partial charge in [-0.3, -0.25) is 16.3 Å². The second kappa shape index (κ2) is 7.62. The van der Waals surface area contributed by atoms with E-state index in [1.54, 1.807) is 0 Å². The van der Waals surface area contributed by atoms with Crippen molar-refractivity contribution >= 4 is 0 Å². The van der Waals surface area contributed by atoms with E-state index in [-0.39, 0.29) is 6.04 Å². The number of aryl methyl sites for hydroxylation is 1. The van der Waals surface area contributed by atoms with Crippen LogP contribution in [0.1, 0.15) is 30.5 Å². The summed E-state index contributed by atoms with van der Waals surface area (Å²) in [5, 5.41) is 0. The number of hydrazine groups is 1. The molecule has 1 heterocycles. The molecule has 0 amide bonds. The summed E-state index contributed by atoms with van der Waals surface area (Å²) in [6.45, 7) is 2.66. The van der Waals surface area contributed by atoms with Gasteiger partial charge in [0.2, 0.25) is 0 Å². The van der Waals surface area contributed by atoms with Crippen molar-refractivity contribution in [3.05, 3.63) is 59.9 Å². The first-order chi connectivity index (χ1) is 9.83. The normalized spacial score (nSPS) is 12.1. The van der Waals surface area contributed by atoms with E-state index in [1.165, 1.54) is 11.1 Å². The minimum Gasteiger partial charge on any atom is -0.494 e. The van der Waals surface area contributed by atoms with E-state index in [4.69, 9.17) is 10.6 Å². The molecule has 20 heavy (non-hydrogen) atoms. The molecular weight excluding hydrogens is 250 g/mol. The zero-order valence-electron chi connectivity index (χ0n) is 11.8. The summed E-state index contributed by atoms with van der Waals surface area (Å²) >= 11 is 0. The smallest absolute Gasteiger partial charge is 0.119 e. The maximum atomic E-state index is 5.67. The van der Waals surface area contributed by atoms with Crippen LogP contribution in [0.5, 0.6) is 5.75 Å². The average Bonchev–Trinajstić information content (AvgIpc) is 2.51. The van der Waals surface area contributed by atoms with Gasteiger partial charge in [-0.2, -0.15) is 0 Å². The van der Waals surface area contributed by atoms with E-state index in [2.05, 4.69) is 22.5 Å². The lowest BCUT2D eigenvalue weighted by molar-refractivity contribution is 0.340. The van der Waals surface area contributed by atoms with Crippen LogP contribution >= 0.6 is 0 Å².